The van der Waals surface area contributed by atoms with E-state index in [0.29, 0.717) is 6.04 Å². The van der Waals surface area contributed by atoms with Crippen molar-refractivity contribution >= 4 is 27.4 Å². The molecule has 3 aliphatic rings. The number of rotatable bonds is 2. The van der Waals surface area contributed by atoms with Crippen molar-refractivity contribution in [1.29, 1.82) is 0 Å². The van der Waals surface area contributed by atoms with Crippen LogP contribution in [-0.4, -0.2) is 16.0 Å². The summed E-state index contributed by atoms with van der Waals surface area (Å²) in [6, 6.07) is 2.74. The smallest absolute Gasteiger partial charge is 0.147 e. The van der Waals surface area contributed by atoms with Crippen LogP contribution in [-0.2, 0) is 0 Å². The average molecular weight is 285 g/mol. The lowest BCUT2D eigenvalue weighted by atomic mass is 9.79. The van der Waals surface area contributed by atoms with E-state index >= 15 is 0 Å². The lowest BCUT2D eigenvalue weighted by Crippen LogP contribution is -2.34. The molecular formula is C16H19N3S. The highest BCUT2D eigenvalue weighted by molar-refractivity contribution is 7.17. The van der Waals surface area contributed by atoms with E-state index in [1.54, 1.807) is 17.7 Å². The molecule has 1 N–H and O–H groups in total. The van der Waals surface area contributed by atoms with Gasteiger partial charge in [-0.05, 0) is 60.8 Å². The molecule has 0 saturated heterocycles. The predicted molar refractivity (Wildman–Crippen MR) is 81.9 cm³/mol. The Bertz CT molecular complexity index is 652. The number of nitrogens with zero attached hydrogens (tertiary/aromatic N) is 2. The molecule has 0 aromatic carbocycles. The summed E-state index contributed by atoms with van der Waals surface area (Å²) >= 11 is 1.75. The maximum atomic E-state index is 4.50. The third-order valence-corrected chi connectivity index (χ3v) is 6.90. The summed E-state index contributed by atoms with van der Waals surface area (Å²) in [5, 5.41) is 5.88. The molecule has 0 radical (unpaired) electrons. The molecule has 104 valence electrons. The predicted octanol–water partition coefficient (Wildman–Crippen LogP) is 3.93. The molecule has 0 spiro atoms. The summed E-state index contributed by atoms with van der Waals surface area (Å²) in [5.74, 6) is 5.03. The van der Waals surface area contributed by atoms with Gasteiger partial charge in [-0.3, -0.25) is 0 Å². The zero-order chi connectivity index (χ0) is 13.1. The van der Waals surface area contributed by atoms with Crippen LogP contribution in [0.2, 0.25) is 0 Å². The van der Waals surface area contributed by atoms with E-state index in [1.165, 1.54) is 36.8 Å². The first kappa shape index (κ1) is 11.5. The highest BCUT2D eigenvalue weighted by atomic mass is 32.1. The highest BCUT2D eigenvalue weighted by Gasteiger charge is 2.53. The van der Waals surface area contributed by atoms with Crippen LogP contribution in [0.3, 0.4) is 0 Å². The average Bonchev–Trinajstić information content (AvgIpc) is 3.20. The fourth-order valence-corrected chi connectivity index (χ4v) is 6.10. The van der Waals surface area contributed by atoms with Gasteiger partial charge < -0.3 is 5.32 Å². The molecule has 2 bridgehead atoms. The van der Waals surface area contributed by atoms with E-state index in [4.69, 9.17) is 0 Å². The first-order chi connectivity index (χ1) is 9.90. The van der Waals surface area contributed by atoms with Crippen molar-refractivity contribution in [3.8, 4) is 0 Å². The fourth-order valence-electron chi connectivity index (χ4n) is 5.30. The number of fused-ring (bicyclic) bond motifs is 6. The Morgan fingerprint density at radius 1 is 1.10 bits per heavy atom. The summed E-state index contributed by atoms with van der Waals surface area (Å²) in [7, 11) is 0. The van der Waals surface area contributed by atoms with Gasteiger partial charge in [-0.25, -0.2) is 9.97 Å². The number of aromatic nitrogens is 2. The Kier molecular flexibility index (Phi) is 2.40. The summed E-state index contributed by atoms with van der Waals surface area (Å²) in [6.07, 6.45) is 8.97. The minimum atomic E-state index is 0.652. The molecule has 2 aromatic rings. The van der Waals surface area contributed by atoms with Crippen molar-refractivity contribution in [3.63, 3.8) is 0 Å². The van der Waals surface area contributed by atoms with E-state index in [9.17, 15) is 0 Å². The number of anilines is 1. The van der Waals surface area contributed by atoms with Gasteiger partial charge in [0, 0.05) is 6.04 Å². The second-order valence-corrected chi connectivity index (χ2v) is 7.68. The minimum absolute atomic E-state index is 0.652. The van der Waals surface area contributed by atoms with Crippen LogP contribution in [0.25, 0.3) is 10.2 Å². The Hall–Kier alpha value is -1.16. The molecule has 4 heteroatoms. The van der Waals surface area contributed by atoms with Crippen LogP contribution in [0.4, 0.5) is 5.82 Å². The molecule has 5 rings (SSSR count). The third-order valence-electron chi connectivity index (χ3n) is 5.99. The zero-order valence-electron chi connectivity index (χ0n) is 11.5. The Labute approximate surface area is 122 Å². The number of thiophene rings is 1. The number of nitrogens with one attached hydrogen (secondary N) is 1. The minimum Gasteiger partial charge on any atom is -0.366 e. The van der Waals surface area contributed by atoms with Crippen LogP contribution in [0.1, 0.15) is 32.1 Å². The van der Waals surface area contributed by atoms with Gasteiger partial charge in [0.15, 0.2) is 0 Å². The number of hydrogen-bond acceptors (Lipinski definition) is 4. The van der Waals surface area contributed by atoms with Crippen molar-refractivity contribution in [3.05, 3.63) is 17.8 Å². The molecule has 2 heterocycles. The van der Waals surface area contributed by atoms with Crippen molar-refractivity contribution in [1.82, 2.24) is 9.97 Å². The summed E-state index contributed by atoms with van der Waals surface area (Å²) in [6.45, 7) is 0. The van der Waals surface area contributed by atoms with Crippen molar-refractivity contribution < 1.29 is 0 Å². The van der Waals surface area contributed by atoms with Gasteiger partial charge in [0.05, 0.1) is 10.2 Å². The van der Waals surface area contributed by atoms with Gasteiger partial charge in [-0.15, -0.1) is 11.3 Å². The molecule has 3 saturated carbocycles. The normalized spacial score (nSPS) is 38.5. The third kappa shape index (κ3) is 1.51. The number of hydrogen-bond donors (Lipinski definition) is 1. The van der Waals surface area contributed by atoms with Gasteiger partial charge in [-0.2, -0.15) is 0 Å². The van der Waals surface area contributed by atoms with Crippen LogP contribution >= 0.6 is 11.3 Å². The fraction of sp³-hybridized carbons (Fsp3) is 0.625. The Morgan fingerprint density at radius 2 is 2.05 bits per heavy atom. The lowest BCUT2D eigenvalue weighted by molar-refractivity contribution is 0.243. The molecule has 3 nitrogen and oxygen atoms in total. The molecular weight excluding hydrogens is 266 g/mol. The monoisotopic (exact) mass is 285 g/mol. The van der Waals surface area contributed by atoms with Gasteiger partial charge >= 0.3 is 0 Å². The SMILES string of the molecule is c1nc(N[C@@H]2C[C@H]3C[C@H]2[C@H]2CCC[C@H]32)c2sccc2n1. The molecule has 0 amide bonds. The topological polar surface area (TPSA) is 37.8 Å². The molecule has 20 heavy (non-hydrogen) atoms. The second kappa shape index (κ2) is 4.17. The molecule has 3 fully saturated rings. The van der Waals surface area contributed by atoms with Gasteiger partial charge in [0.2, 0.25) is 0 Å². The quantitative estimate of drug-likeness (QED) is 0.908. The van der Waals surface area contributed by atoms with E-state index in [-0.39, 0.29) is 0 Å². The van der Waals surface area contributed by atoms with Gasteiger partial charge in [0.1, 0.15) is 12.1 Å². The lowest BCUT2D eigenvalue weighted by Gasteiger charge is -2.32. The zero-order valence-corrected chi connectivity index (χ0v) is 12.3. The van der Waals surface area contributed by atoms with Crippen molar-refractivity contribution in [2.75, 3.05) is 5.32 Å². The van der Waals surface area contributed by atoms with Crippen LogP contribution < -0.4 is 5.32 Å². The Morgan fingerprint density at radius 3 is 3.05 bits per heavy atom. The first-order valence-corrected chi connectivity index (χ1v) is 8.73. The molecule has 2 aromatic heterocycles. The van der Waals surface area contributed by atoms with Crippen LogP contribution in [0.15, 0.2) is 17.8 Å². The van der Waals surface area contributed by atoms with Crippen molar-refractivity contribution in [2.45, 2.75) is 38.1 Å². The standard InChI is InChI=1S/C16H19N3S/c1-2-10-9-6-12(11(10)3-1)14(7-9)19-16-15-13(4-5-20-15)17-8-18-16/h4-5,8-12,14H,1-3,6-7H2,(H,17,18,19)/t9-,10-,11+,12+,14-/m1/s1. The van der Waals surface area contributed by atoms with Gasteiger partial charge in [-0.1, -0.05) is 6.42 Å². The first-order valence-electron chi connectivity index (χ1n) is 7.85. The molecule has 5 atom stereocenters. The van der Waals surface area contributed by atoms with E-state index < -0.39 is 0 Å². The summed E-state index contributed by atoms with van der Waals surface area (Å²) < 4.78 is 1.22. The van der Waals surface area contributed by atoms with Crippen LogP contribution in [0.5, 0.6) is 0 Å². The van der Waals surface area contributed by atoms with Crippen LogP contribution in [0, 0.1) is 23.7 Å². The largest absolute Gasteiger partial charge is 0.366 e. The molecule has 0 aliphatic heterocycles. The molecule has 0 unspecified atom stereocenters. The Balaban J connectivity index is 1.44. The molecule has 3 aliphatic carbocycles. The van der Waals surface area contributed by atoms with E-state index in [2.05, 4.69) is 26.7 Å². The van der Waals surface area contributed by atoms with Crippen molar-refractivity contribution in [2.24, 2.45) is 23.7 Å². The maximum absolute atomic E-state index is 4.50. The van der Waals surface area contributed by atoms with E-state index in [1.807, 2.05) is 0 Å². The summed E-state index contributed by atoms with van der Waals surface area (Å²) in [4.78, 5) is 8.84. The second-order valence-electron chi connectivity index (χ2n) is 6.76. The highest BCUT2D eigenvalue weighted by Crippen LogP contribution is 2.59. The van der Waals surface area contributed by atoms with E-state index in [0.717, 1.165) is 35.0 Å². The van der Waals surface area contributed by atoms with Gasteiger partial charge in [0.25, 0.3) is 0 Å². The summed E-state index contributed by atoms with van der Waals surface area (Å²) in [5.41, 5.74) is 1.08. The maximum Gasteiger partial charge on any atom is 0.147 e.